The van der Waals surface area contributed by atoms with Gasteiger partial charge in [0, 0.05) is 17.4 Å². The van der Waals surface area contributed by atoms with Crippen LogP contribution in [0.2, 0.25) is 0 Å². The topological polar surface area (TPSA) is 30.2 Å². The minimum Gasteiger partial charge on any atom is -0.466 e. The van der Waals surface area contributed by atoms with Crippen LogP contribution in [-0.2, 0) is 10.2 Å². The maximum absolute atomic E-state index is 12.3. The quantitative estimate of drug-likeness (QED) is 0.257. The summed E-state index contributed by atoms with van der Waals surface area (Å²) in [5.41, 5.74) is 3.80. The smallest absolute Gasteiger partial charge is 0.166 e. The molecule has 2 nitrogen and oxygen atoms in total. The first-order valence-electron chi connectivity index (χ1n) is 9.38. The molecule has 24 heavy (non-hydrogen) atoms. The lowest BCUT2D eigenvalue weighted by Crippen LogP contribution is -2.18. The first kappa shape index (κ1) is 20.5. The number of aryl methyl sites for hydroxylation is 1. The lowest BCUT2D eigenvalue weighted by atomic mass is 9.84. The van der Waals surface area contributed by atoms with Crippen molar-refractivity contribution in [1.29, 1.82) is 0 Å². The van der Waals surface area contributed by atoms with Gasteiger partial charge in [-0.1, -0.05) is 46.5 Å². The summed E-state index contributed by atoms with van der Waals surface area (Å²) < 4.78 is 5.72. The number of hydrogen-bond acceptors (Lipinski definition) is 2. The van der Waals surface area contributed by atoms with Gasteiger partial charge in [0.05, 0.1) is 0 Å². The first-order valence-corrected chi connectivity index (χ1v) is 9.38. The summed E-state index contributed by atoms with van der Waals surface area (Å²) in [6, 6.07) is 3.99. The van der Waals surface area contributed by atoms with Crippen molar-refractivity contribution in [2.75, 3.05) is 0 Å². The molecule has 2 heteroatoms. The molecule has 1 aromatic rings. The first-order chi connectivity index (χ1) is 11.4. The largest absolute Gasteiger partial charge is 0.466 e. The van der Waals surface area contributed by atoms with E-state index in [1.54, 1.807) is 0 Å². The van der Waals surface area contributed by atoms with Crippen LogP contribution in [0.15, 0.2) is 33.9 Å². The summed E-state index contributed by atoms with van der Waals surface area (Å²) in [7, 11) is 0. The number of carbonyl (C=O) groups excluding carboxylic acids is 1. The van der Waals surface area contributed by atoms with E-state index in [1.165, 1.54) is 32.1 Å². The Morgan fingerprint density at radius 3 is 2.54 bits per heavy atom. The van der Waals surface area contributed by atoms with Gasteiger partial charge in [-0.15, -0.1) is 5.73 Å². The highest BCUT2D eigenvalue weighted by Gasteiger charge is 2.25. The predicted molar refractivity (Wildman–Crippen MR) is 101 cm³/mol. The Morgan fingerprint density at radius 2 is 1.92 bits per heavy atom. The van der Waals surface area contributed by atoms with Gasteiger partial charge in [0.15, 0.2) is 5.78 Å². The number of furan rings is 1. The Balaban J connectivity index is 2.41. The van der Waals surface area contributed by atoms with Crippen LogP contribution in [-0.4, -0.2) is 5.78 Å². The molecule has 134 valence electrons. The predicted octanol–water partition coefficient (Wildman–Crippen LogP) is 6.68. The van der Waals surface area contributed by atoms with Gasteiger partial charge in [-0.3, -0.25) is 4.79 Å². The molecule has 0 aromatic carbocycles. The summed E-state index contributed by atoms with van der Waals surface area (Å²) in [4.78, 5) is 12.3. The summed E-state index contributed by atoms with van der Waals surface area (Å²) in [6.07, 6.45) is 10.7. The molecule has 0 atom stereocenters. The molecule has 0 aliphatic rings. The molecule has 0 amide bonds. The normalized spacial score (nSPS) is 11.2. The SMILES string of the molecule is CCCCCCCC=C=C(C)C(=O)CCC(C)(C)c1ccc(C)o1. The number of hydrogen-bond donors (Lipinski definition) is 0. The third-order valence-corrected chi connectivity index (χ3v) is 4.57. The molecule has 0 N–H and O–H groups in total. The Bertz CT molecular complexity index is 569. The second-order valence-corrected chi connectivity index (χ2v) is 7.39. The minimum atomic E-state index is -0.118. The molecule has 0 saturated carbocycles. The zero-order chi connectivity index (χ0) is 18.0. The van der Waals surface area contributed by atoms with Crippen LogP contribution in [0.5, 0.6) is 0 Å². The van der Waals surface area contributed by atoms with E-state index in [-0.39, 0.29) is 11.2 Å². The van der Waals surface area contributed by atoms with E-state index in [9.17, 15) is 4.79 Å². The van der Waals surface area contributed by atoms with Crippen LogP contribution in [0.3, 0.4) is 0 Å². The van der Waals surface area contributed by atoms with Crippen molar-refractivity contribution in [3.8, 4) is 0 Å². The second-order valence-electron chi connectivity index (χ2n) is 7.39. The van der Waals surface area contributed by atoms with Crippen LogP contribution >= 0.6 is 0 Å². The molecule has 0 saturated heterocycles. The molecule has 0 spiro atoms. The van der Waals surface area contributed by atoms with Crippen molar-refractivity contribution in [1.82, 2.24) is 0 Å². The van der Waals surface area contributed by atoms with Crippen LogP contribution in [0, 0.1) is 6.92 Å². The second kappa shape index (κ2) is 10.4. The maximum Gasteiger partial charge on any atom is 0.166 e. The molecule has 0 radical (unpaired) electrons. The lowest BCUT2D eigenvalue weighted by Gasteiger charge is -2.21. The highest BCUT2D eigenvalue weighted by atomic mass is 16.3. The van der Waals surface area contributed by atoms with E-state index in [1.807, 2.05) is 32.1 Å². The van der Waals surface area contributed by atoms with Crippen LogP contribution in [0.1, 0.15) is 90.6 Å². The fourth-order valence-corrected chi connectivity index (χ4v) is 2.69. The van der Waals surface area contributed by atoms with Crippen molar-refractivity contribution >= 4 is 5.78 Å². The lowest BCUT2D eigenvalue weighted by molar-refractivity contribution is -0.115. The van der Waals surface area contributed by atoms with Crippen LogP contribution < -0.4 is 0 Å². The molecule has 0 fully saturated rings. The highest BCUT2D eigenvalue weighted by Crippen LogP contribution is 2.30. The van der Waals surface area contributed by atoms with Gasteiger partial charge in [0.2, 0.25) is 0 Å². The van der Waals surface area contributed by atoms with Gasteiger partial charge in [0.25, 0.3) is 0 Å². The Kier molecular flexibility index (Phi) is 8.85. The zero-order valence-corrected chi connectivity index (χ0v) is 16.2. The van der Waals surface area contributed by atoms with E-state index in [2.05, 4.69) is 26.5 Å². The molecule has 1 aromatic heterocycles. The Morgan fingerprint density at radius 1 is 1.21 bits per heavy atom. The number of unbranched alkanes of at least 4 members (excludes halogenated alkanes) is 5. The fraction of sp³-hybridized carbons (Fsp3) is 0.636. The average Bonchev–Trinajstić information content (AvgIpc) is 2.99. The standard InChI is InChI=1S/C22H34O2/c1-6-7-8-9-10-11-12-13-18(2)20(23)16-17-22(4,5)21-15-14-19(3)24-21/h12,14-15H,6-11,16-17H2,1-5H3. The third kappa shape index (κ3) is 7.36. The fourth-order valence-electron chi connectivity index (χ4n) is 2.69. The highest BCUT2D eigenvalue weighted by molar-refractivity contribution is 5.94. The zero-order valence-electron chi connectivity index (χ0n) is 16.2. The summed E-state index contributed by atoms with van der Waals surface area (Å²) in [6.45, 7) is 10.3. The van der Waals surface area contributed by atoms with E-state index < -0.39 is 0 Å². The molecular weight excluding hydrogens is 296 g/mol. The maximum atomic E-state index is 12.3. The summed E-state index contributed by atoms with van der Waals surface area (Å²) in [5, 5.41) is 0. The average molecular weight is 331 g/mol. The van der Waals surface area contributed by atoms with Crippen LogP contribution in [0.25, 0.3) is 0 Å². The van der Waals surface area contributed by atoms with Crippen LogP contribution in [0.4, 0.5) is 0 Å². The monoisotopic (exact) mass is 330 g/mol. The van der Waals surface area contributed by atoms with Gasteiger partial charge in [-0.25, -0.2) is 0 Å². The van der Waals surface area contributed by atoms with Crippen molar-refractivity contribution in [2.24, 2.45) is 0 Å². The van der Waals surface area contributed by atoms with E-state index >= 15 is 0 Å². The van der Waals surface area contributed by atoms with Gasteiger partial charge >= 0.3 is 0 Å². The van der Waals surface area contributed by atoms with Gasteiger partial charge in [-0.05, 0) is 51.3 Å². The third-order valence-electron chi connectivity index (χ3n) is 4.57. The van der Waals surface area contributed by atoms with Gasteiger partial charge < -0.3 is 4.42 Å². The van der Waals surface area contributed by atoms with Crippen molar-refractivity contribution in [2.45, 2.75) is 91.4 Å². The summed E-state index contributed by atoms with van der Waals surface area (Å²) >= 11 is 0. The van der Waals surface area contributed by atoms with Crippen molar-refractivity contribution < 1.29 is 9.21 Å². The molecular formula is C22H34O2. The van der Waals surface area contributed by atoms with Gasteiger partial charge in [-0.2, -0.15) is 0 Å². The van der Waals surface area contributed by atoms with Crippen molar-refractivity contribution in [3.05, 3.63) is 41.0 Å². The number of Topliss-reactive ketones (excluding diaryl/α,β-unsaturated/α-hetero) is 1. The molecule has 0 unspecified atom stereocenters. The van der Waals surface area contributed by atoms with E-state index in [0.29, 0.717) is 6.42 Å². The van der Waals surface area contributed by atoms with Crippen molar-refractivity contribution in [3.63, 3.8) is 0 Å². The van der Waals surface area contributed by atoms with E-state index in [4.69, 9.17) is 4.42 Å². The number of rotatable bonds is 11. The number of ketones is 1. The molecule has 0 bridgehead atoms. The summed E-state index contributed by atoms with van der Waals surface area (Å²) in [5.74, 6) is 2.06. The molecule has 1 heterocycles. The Hall–Kier alpha value is -1.53. The molecule has 0 aliphatic carbocycles. The minimum absolute atomic E-state index is 0.118. The number of allylic oxidation sites excluding steroid dienone is 1. The van der Waals surface area contributed by atoms with Gasteiger partial charge in [0.1, 0.15) is 11.5 Å². The molecule has 0 aliphatic heterocycles. The number of carbonyl (C=O) groups is 1. The molecule has 1 rings (SSSR count). The van der Waals surface area contributed by atoms with E-state index in [0.717, 1.165) is 29.9 Å². The Labute approximate surface area is 148 Å².